The van der Waals surface area contributed by atoms with Crippen molar-refractivity contribution in [3.63, 3.8) is 0 Å². The van der Waals surface area contributed by atoms with Gasteiger partial charge >= 0.3 is 6.18 Å². The number of carbonyl (C=O) groups is 2. The number of Topliss-reactive ketones (excluding diaryl/α,β-unsaturated/α-hetero) is 1. The molecule has 1 unspecified atom stereocenters. The molecule has 1 aliphatic heterocycles. The van der Waals surface area contributed by atoms with Gasteiger partial charge in [-0.2, -0.15) is 18.3 Å². The van der Waals surface area contributed by atoms with Crippen LogP contribution in [0, 0.1) is 18.8 Å². The summed E-state index contributed by atoms with van der Waals surface area (Å²) >= 11 is 1.21. The molecular formula is C23H27F3N4O3S. The van der Waals surface area contributed by atoms with Crippen molar-refractivity contribution < 1.29 is 27.9 Å². The van der Waals surface area contributed by atoms with Crippen LogP contribution in [0.15, 0.2) is 17.7 Å². The van der Waals surface area contributed by atoms with Crippen LogP contribution in [0.25, 0.3) is 10.5 Å². The Morgan fingerprint density at radius 3 is 2.53 bits per heavy atom. The first-order valence-corrected chi connectivity index (χ1v) is 11.9. The minimum atomic E-state index is -4.54. The molecule has 184 valence electrons. The lowest BCUT2D eigenvalue weighted by Crippen LogP contribution is -2.49. The Balaban J connectivity index is 1.61. The lowest BCUT2D eigenvalue weighted by atomic mass is 9.82. The number of alkyl halides is 3. The van der Waals surface area contributed by atoms with Crippen LogP contribution in [-0.2, 0) is 15.2 Å². The summed E-state index contributed by atoms with van der Waals surface area (Å²) in [6, 6.07) is 0. The van der Waals surface area contributed by atoms with Crippen LogP contribution in [-0.4, -0.2) is 55.6 Å². The maximum Gasteiger partial charge on any atom is 0.396 e. The van der Waals surface area contributed by atoms with Gasteiger partial charge in [0.25, 0.3) is 0 Å². The van der Waals surface area contributed by atoms with E-state index >= 15 is 0 Å². The largest absolute Gasteiger partial charge is 0.396 e. The molecule has 4 rings (SSSR count). The molecule has 34 heavy (non-hydrogen) atoms. The molecule has 1 N–H and O–H groups in total. The number of rotatable bonds is 6. The molecule has 0 saturated carbocycles. The fourth-order valence-corrected chi connectivity index (χ4v) is 5.31. The molecule has 7 nitrogen and oxygen atoms in total. The van der Waals surface area contributed by atoms with E-state index in [9.17, 15) is 27.9 Å². The van der Waals surface area contributed by atoms with E-state index in [0.29, 0.717) is 46.4 Å². The van der Waals surface area contributed by atoms with E-state index in [4.69, 9.17) is 0 Å². The minimum Gasteiger partial charge on any atom is -0.383 e. The van der Waals surface area contributed by atoms with Gasteiger partial charge in [0.15, 0.2) is 5.78 Å². The van der Waals surface area contributed by atoms with Crippen molar-refractivity contribution in [1.82, 2.24) is 19.5 Å². The molecule has 1 saturated heterocycles. The maximum absolute atomic E-state index is 13.8. The van der Waals surface area contributed by atoms with Crippen molar-refractivity contribution in [2.45, 2.75) is 58.7 Å². The number of hydrogen-bond acceptors (Lipinski definition) is 6. The molecule has 11 heteroatoms. The van der Waals surface area contributed by atoms with Gasteiger partial charge in [0, 0.05) is 32.0 Å². The first-order chi connectivity index (χ1) is 15.8. The quantitative estimate of drug-likeness (QED) is 0.652. The SMILES string of the molecule is CC(=O)N1CC(CCC(=O)C2=CC(c3c(C)nc4sc(C(C)(C)O)nn34)=CCC2C(F)(F)F)C1. The Hall–Kier alpha value is -2.53. The van der Waals surface area contributed by atoms with Gasteiger partial charge in [0.05, 0.1) is 17.3 Å². The van der Waals surface area contributed by atoms with E-state index in [1.165, 1.54) is 34.9 Å². The van der Waals surface area contributed by atoms with Gasteiger partial charge in [0.2, 0.25) is 10.9 Å². The van der Waals surface area contributed by atoms with E-state index in [2.05, 4.69) is 10.1 Å². The molecule has 3 heterocycles. The molecule has 1 atom stereocenters. The molecule has 2 aromatic rings. The summed E-state index contributed by atoms with van der Waals surface area (Å²) < 4.78 is 42.9. The molecule has 1 fully saturated rings. The fraction of sp³-hybridized carbons (Fsp3) is 0.565. The number of ketones is 1. The van der Waals surface area contributed by atoms with Crippen LogP contribution >= 0.6 is 11.3 Å². The zero-order chi connectivity index (χ0) is 25.0. The van der Waals surface area contributed by atoms with E-state index in [0.717, 1.165) is 0 Å². The first-order valence-electron chi connectivity index (χ1n) is 11.1. The van der Waals surface area contributed by atoms with E-state index < -0.39 is 23.5 Å². The number of carbonyl (C=O) groups excluding carboxylic acids is 2. The molecule has 0 aromatic carbocycles. The summed E-state index contributed by atoms with van der Waals surface area (Å²) in [5.74, 6) is -2.29. The zero-order valence-electron chi connectivity index (χ0n) is 19.4. The monoisotopic (exact) mass is 496 g/mol. The Bertz CT molecular complexity index is 1200. The second-order valence-corrected chi connectivity index (χ2v) is 10.5. The second-order valence-electron chi connectivity index (χ2n) is 9.55. The number of allylic oxidation sites excluding steroid dienone is 4. The third kappa shape index (κ3) is 4.68. The third-order valence-electron chi connectivity index (χ3n) is 6.33. The number of nitrogens with zero attached hydrogens (tertiary/aromatic N) is 4. The smallest absolute Gasteiger partial charge is 0.383 e. The Labute approximate surface area is 199 Å². The molecule has 2 aromatic heterocycles. The van der Waals surface area contributed by atoms with Crippen LogP contribution in [0.2, 0.25) is 0 Å². The topological polar surface area (TPSA) is 87.8 Å². The average Bonchev–Trinajstić information content (AvgIpc) is 3.21. The number of amides is 1. The highest BCUT2D eigenvalue weighted by Gasteiger charge is 2.45. The lowest BCUT2D eigenvalue weighted by molar-refractivity contribution is -0.165. The van der Waals surface area contributed by atoms with Gasteiger partial charge in [-0.05, 0) is 51.2 Å². The Kier molecular flexibility index (Phi) is 6.22. The molecule has 0 spiro atoms. The molecule has 0 radical (unpaired) electrons. The normalized spacial score (nSPS) is 19.8. The van der Waals surface area contributed by atoms with Crippen molar-refractivity contribution in [1.29, 1.82) is 0 Å². The van der Waals surface area contributed by atoms with Crippen LogP contribution in [0.4, 0.5) is 13.2 Å². The summed E-state index contributed by atoms with van der Waals surface area (Å²) in [6.45, 7) is 7.48. The number of imidazole rings is 1. The number of aryl methyl sites for hydroxylation is 1. The van der Waals surface area contributed by atoms with Gasteiger partial charge < -0.3 is 10.0 Å². The van der Waals surface area contributed by atoms with E-state index in [-0.39, 0.29) is 30.2 Å². The van der Waals surface area contributed by atoms with Crippen LogP contribution in [0.1, 0.15) is 56.4 Å². The number of hydrogen-bond donors (Lipinski definition) is 1. The molecular weight excluding hydrogens is 469 g/mol. The van der Waals surface area contributed by atoms with Gasteiger partial charge in [-0.25, -0.2) is 9.50 Å². The van der Waals surface area contributed by atoms with Crippen LogP contribution < -0.4 is 0 Å². The van der Waals surface area contributed by atoms with Crippen molar-refractivity contribution >= 4 is 33.6 Å². The second kappa shape index (κ2) is 8.60. The summed E-state index contributed by atoms with van der Waals surface area (Å²) in [5, 5.41) is 15.1. The highest BCUT2D eigenvalue weighted by atomic mass is 32.1. The third-order valence-corrected chi connectivity index (χ3v) is 7.56. The highest BCUT2D eigenvalue weighted by molar-refractivity contribution is 7.16. The summed E-state index contributed by atoms with van der Waals surface area (Å²) in [4.78, 5) is 30.9. The highest BCUT2D eigenvalue weighted by Crippen LogP contribution is 2.42. The molecule has 1 aliphatic carbocycles. The van der Waals surface area contributed by atoms with Crippen molar-refractivity contribution in [2.75, 3.05) is 13.1 Å². The van der Waals surface area contributed by atoms with Crippen LogP contribution in [0.3, 0.4) is 0 Å². The molecule has 2 aliphatic rings. The minimum absolute atomic E-state index is 0.00243. The van der Waals surface area contributed by atoms with E-state index in [1.54, 1.807) is 25.7 Å². The van der Waals surface area contributed by atoms with Crippen molar-refractivity contribution in [3.8, 4) is 0 Å². The lowest BCUT2D eigenvalue weighted by Gasteiger charge is -2.38. The molecule has 0 bridgehead atoms. The first kappa shape index (κ1) is 24.6. The number of likely N-dealkylation sites (tertiary alicyclic amines) is 1. The standard InChI is InChI=1S/C23H27F3N4O3S/c1-12-19(30-21(27-12)34-20(28-30)22(3,4)33)15-6-7-17(23(24,25)26)16(9-15)18(32)8-5-14-10-29(11-14)13(2)31/h6,9,14,17,33H,5,7-8,10-11H2,1-4H3. The predicted molar refractivity (Wildman–Crippen MR) is 121 cm³/mol. The number of aromatic nitrogens is 3. The Morgan fingerprint density at radius 1 is 1.26 bits per heavy atom. The van der Waals surface area contributed by atoms with Gasteiger partial charge in [-0.1, -0.05) is 17.4 Å². The molecule has 1 amide bonds. The van der Waals surface area contributed by atoms with Gasteiger partial charge in [-0.15, -0.1) is 0 Å². The number of halogens is 3. The number of aliphatic hydroxyl groups is 1. The fourth-order valence-electron chi connectivity index (χ4n) is 4.37. The summed E-state index contributed by atoms with van der Waals surface area (Å²) in [5.41, 5.74) is 0.131. The van der Waals surface area contributed by atoms with Crippen molar-refractivity contribution in [2.24, 2.45) is 11.8 Å². The maximum atomic E-state index is 13.8. The number of fused-ring (bicyclic) bond motifs is 1. The van der Waals surface area contributed by atoms with Gasteiger partial charge in [0.1, 0.15) is 10.6 Å². The van der Waals surface area contributed by atoms with Crippen molar-refractivity contribution in [3.05, 3.63) is 34.1 Å². The zero-order valence-corrected chi connectivity index (χ0v) is 20.3. The predicted octanol–water partition coefficient (Wildman–Crippen LogP) is 4.05. The van der Waals surface area contributed by atoms with E-state index in [1.807, 2.05) is 0 Å². The summed E-state index contributed by atoms with van der Waals surface area (Å²) in [6.07, 6.45) is -1.63. The van der Waals surface area contributed by atoms with Gasteiger partial charge in [-0.3, -0.25) is 9.59 Å². The van der Waals surface area contributed by atoms with Crippen LogP contribution in [0.5, 0.6) is 0 Å². The average molecular weight is 497 g/mol. The summed E-state index contributed by atoms with van der Waals surface area (Å²) in [7, 11) is 0. The Morgan fingerprint density at radius 2 is 1.94 bits per heavy atom.